The van der Waals surface area contributed by atoms with E-state index in [1.165, 1.54) is 241 Å². The Kier molecular flexibility index (Phi) is 39.5. The van der Waals surface area contributed by atoms with Crippen molar-refractivity contribution < 1.29 is 8.97 Å². The van der Waals surface area contributed by atoms with Crippen molar-refractivity contribution in [1.82, 2.24) is 0 Å². The molecule has 0 heterocycles. The molecule has 0 spiro atoms. The summed E-state index contributed by atoms with van der Waals surface area (Å²) >= 11 is 0. The van der Waals surface area contributed by atoms with Crippen LogP contribution in [0.25, 0.3) is 11.5 Å². The highest BCUT2D eigenvalue weighted by atomic mass is 15.3. The van der Waals surface area contributed by atoms with Crippen LogP contribution in [0.3, 0.4) is 0 Å². The van der Waals surface area contributed by atoms with E-state index in [9.17, 15) is 0 Å². The fourth-order valence-corrected chi connectivity index (χ4v) is 8.06. The maximum Gasteiger partial charge on any atom is 0.0786 e. The molecule has 0 bridgehead atoms. The summed E-state index contributed by atoms with van der Waals surface area (Å²) in [5, 5.41) is 0. The molecule has 0 aliphatic heterocycles. The first-order valence-electron chi connectivity index (χ1n) is 23.7. The first kappa shape index (κ1) is 51.3. The Balaban J connectivity index is 4.13. The predicted molar refractivity (Wildman–Crippen MR) is 237 cm³/mol. The van der Waals surface area contributed by atoms with Gasteiger partial charge in [-0.05, 0) is 89.9 Å². The zero-order valence-corrected chi connectivity index (χ0v) is 36.5. The van der Waals surface area contributed by atoms with E-state index in [2.05, 4.69) is 52.2 Å². The monoisotopic (exact) mass is 731 g/mol. The fraction of sp³-hybridized carbons (Fsp3) is 0.917. The topological polar surface area (TPSA) is 47.6 Å². The Bertz CT molecular complexity index is 689. The SMILES string of the molecule is CCCCCCCC/C=C/CCCCCCCC[N+](C)(CCC[NH-])CCCC[N+](C)(CCC[NH-])CCCCCCCC/C=C/CCCCCCCC. The lowest BCUT2D eigenvalue weighted by molar-refractivity contribution is -0.916. The van der Waals surface area contributed by atoms with E-state index in [4.69, 9.17) is 11.5 Å². The number of unbranched alkanes of at least 4 members (excludes halogenated alkanes) is 25. The average Bonchev–Trinajstić information content (AvgIpc) is 3.14. The number of nitrogens with one attached hydrogen (secondary N) is 2. The molecule has 4 nitrogen and oxygen atoms in total. The third kappa shape index (κ3) is 36.3. The Labute approximate surface area is 329 Å². The molecule has 2 atom stereocenters. The van der Waals surface area contributed by atoms with E-state index in [1.54, 1.807) is 0 Å². The second kappa shape index (κ2) is 40.0. The summed E-state index contributed by atoms with van der Waals surface area (Å²) < 4.78 is 2.35. The van der Waals surface area contributed by atoms with Crippen molar-refractivity contribution in [1.29, 1.82) is 0 Å². The van der Waals surface area contributed by atoms with Crippen LogP contribution >= 0.6 is 0 Å². The third-order valence-electron chi connectivity index (χ3n) is 11.8. The van der Waals surface area contributed by atoms with Gasteiger partial charge >= 0.3 is 0 Å². The quantitative estimate of drug-likeness (QED) is 0.0341. The van der Waals surface area contributed by atoms with E-state index in [0.29, 0.717) is 13.1 Å². The highest BCUT2D eigenvalue weighted by Gasteiger charge is 2.23. The molecule has 0 aliphatic carbocycles. The Morgan fingerprint density at radius 2 is 0.500 bits per heavy atom. The van der Waals surface area contributed by atoms with Crippen LogP contribution in [0.2, 0.25) is 0 Å². The van der Waals surface area contributed by atoms with Crippen LogP contribution in [0.4, 0.5) is 0 Å². The average molecular weight is 731 g/mol. The number of allylic oxidation sites excluding steroid dienone is 4. The number of nitrogens with zero attached hydrogens (tertiary/aromatic N) is 2. The van der Waals surface area contributed by atoms with Crippen LogP contribution in [0.15, 0.2) is 24.3 Å². The molecule has 52 heavy (non-hydrogen) atoms. The molecular formula is C48H98N4. The van der Waals surface area contributed by atoms with Gasteiger partial charge in [-0.1, -0.05) is 141 Å². The van der Waals surface area contributed by atoms with Gasteiger partial charge in [-0.3, -0.25) is 0 Å². The van der Waals surface area contributed by atoms with Crippen molar-refractivity contribution in [3.8, 4) is 0 Å². The third-order valence-corrected chi connectivity index (χ3v) is 11.8. The molecule has 0 fully saturated rings. The van der Waals surface area contributed by atoms with E-state index >= 15 is 0 Å². The summed E-state index contributed by atoms with van der Waals surface area (Å²) in [6, 6.07) is 0. The summed E-state index contributed by atoms with van der Waals surface area (Å²) in [5.41, 5.74) is 15.6. The molecule has 0 aliphatic rings. The molecule has 0 radical (unpaired) electrons. The van der Waals surface area contributed by atoms with E-state index in [-0.39, 0.29) is 0 Å². The van der Waals surface area contributed by atoms with Crippen molar-refractivity contribution in [2.45, 2.75) is 219 Å². The van der Waals surface area contributed by atoms with Gasteiger partial charge in [0.1, 0.15) is 0 Å². The van der Waals surface area contributed by atoms with Crippen LogP contribution in [-0.2, 0) is 0 Å². The predicted octanol–water partition coefficient (Wildman–Crippen LogP) is 15.6. The lowest BCUT2D eigenvalue weighted by Crippen LogP contribution is -2.48. The van der Waals surface area contributed by atoms with E-state index < -0.39 is 0 Å². The molecule has 2 N–H and O–H groups in total. The lowest BCUT2D eigenvalue weighted by atomic mass is 10.1. The zero-order valence-electron chi connectivity index (χ0n) is 36.5. The Morgan fingerprint density at radius 1 is 0.288 bits per heavy atom. The van der Waals surface area contributed by atoms with Crippen LogP contribution < -0.4 is 0 Å². The molecule has 0 aromatic rings. The number of quaternary nitrogens is 2. The minimum Gasteiger partial charge on any atom is -0.677 e. The van der Waals surface area contributed by atoms with Gasteiger partial charge in [-0.2, -0.15) is 0 Å². The smallest absolute Gasteiger partial charge is 0.0786 e. The normalized spacial score (nSPS) is 14.5. The summed E-state index contributed by atoms with van der Waals surface area (Å²) in [5.74, 6) is 0. The van der Waals surface area contributed by atoms with Crippen LogP contribution in [0.1, 0.15) is 219 Å². The van der Waals surface area contributed by atoms with Gasteiger partial charge in [0.2, 0.25) is 0 Å². The molecule has 0 saturated carbocycles. The maximum absolute atomic E-state index is 7.79. The summed E-state index contributed by atoms with van der Waals surface area (Å²) in [7, 11) is 4.96. The van der Waals surface area contributed by atoms with Crippen molar-refractivity contribution in [3.63, 3.8) is 0 Å². The van der Waals surface area contributed by atoms with E-state index in [0.717, 1.165) is 12.8 Å². The van der Waals surface area contributed by atoms with Crippen molar-refractivity contribution in [2.24, 2.45) is 0 Å². The molecule has 0 aromatic heterocycles. The van der Waals surface area contributed by atoms with E-state index in [1.807, 2.05) is 0 Å². The van der Waals surface area contributed by atoms with Gasteiger partial charge in [0.05, 0.1) is 53.4 Å². The second-order valence-corrected chi connectivity index (χ2v) is 17.4. The maximum atomic E-state index is 7.79. The van der Waals surface area contributed by atoms with Gasteiger partial charge in [0, 0.05) is 12.8 Å². The summed E-state index contributed by atoms with van der Waals surface area (Å²) in [6.45, 7) is 13.2. The summed E-state index contributed by atoms with van der Waals surface area (Å²) in [4.78, 5) is 0. The fourth-order valence-electron chi connectivity index (χ4n) is 8.06. The number of rotatable bonds is 43. The first-order valence-corrected chi connectivity index (χ1v) is 23.7. The molecule has 4 heteroatoms. The van der Waals surface area contributed by atoms with Crippen molar-refractivity contribution in [3.05, 3.63) is 35.8 Å². The molecule has 0 amide bonds. The van der Waals surface area contributed by atoms with Gasteiger partial charge in [0.15, 0.2) is 0 Å². The molecule has 0 saturated heterocycles. The Morgan fingerprint density at radius 3 is 0.769 bits per heavy atom. The highest BCUT2D eigenvalue weighted by Crippen LogP contribution is 2.17. The lowest BCUT2D eigenvalue weighted by Gasteiger charge is -2.37. The highest BCUT2D eigenvalue weighted by molar-refractivity contribution is 4.82. The van der Waals surface area contributed by atoms with Crippen LogP contribution in [0, 0.1) is 0 Å². The van der Waals surface area contributed by atoms with Crippen LogP contribution in [0.5, 0.6) is 0 Å². The minimum atomic E-state index is 0.569. The second-order valence-electron chi connectivity index (χ2n) is 17.4. The number of hydrogen-bond acceptors (Lipinski definition) is 0. The molecule has 2 unspecified atom stereocenters. The van der Waals surface area contributed by atoms with Crippen molar-refractivity contribution in [2.75, 3.05) is 66.5 Å². The van der Waals surface area contributed by atoms with Crippen LogP contribution in [-0.4, -0.2) is 75.4 Å². The molecule has 310 valence electrons. The first-order chi connectivity index (χ1) is 25.4. The van der Waals surface area contributed by atoms with Gasteiger partial charge in [-0.25, -0.2) is 0 Å². The van der Waals surface area contributed by atoms with Gasteiger partial charge in [-0.15, -0.1) is 13.1 Å². The molecule has 0 rings (SSSR count). The van der Waals surface area contributed by atoms with Gasteiger partial charge < -0.3 is 20.4 Å². The van der Waals surface area contributed by atoms with Gasteiger partial charge in [0.25, 0.3) is 0 Å². The summed E-state index contributed by atoms with van der Waals surface area (Å²) in [6.07, 6.45) is 52.9. The zero-order chi connectivity index (χ0) is 38.1. The Hall–Kier alpha value is -0.680. The molecule has 0 aromatic carbocycles. The minimum absolute atomic E-state index is 0.569. The number of hydrogen-bond donors (Lipinski definition) is 0. The standard InChI is InChI=1S/C48H98N4/c1-5-7-9-11-13-15-17-19-21-23-25-27-29-31-33-35-43-51(3,47-39-41-49)45-37-38-46-52(4,48-40-42-50)44-36-34-32-30-28-26-24-22-20-18-16-14-12-10-8-6-2/h19-22,49-50H,5-18,23-48H2,1-4H3/b21-19+,22-20+. The van der Waals surface area contributed by atoms with Crippen molar-refractivity contribution >= 4 is 0 Å². The molecular weight excluding hydrogens is 633 g/mol. The largest absolute Gasteiger partial charge is 0.677 e.